The molecule has 0 spiro atoms. The summed E-state index contributed by atoms with van der Waals surface area (Å²) < 4.78 is 2.94. The fraction of sp³-hybridized carbons (Fsp3) is 1.00. The Morgan fingerprint density at radius 2 is 2.50 bits per heavy atom. The van der Waals surface area contributed by atoms with Crippen LogP contribution in [0.25, 0.3) is 0 Å². The molecule has 2 nitrogen and oxygen atoms in total. The van der Waals surface area contributed by atoms with E-state index in [4.69, 9.17) is 14.9 Å². The van der Waals surface area contributed by atoms with Crippen molar-refractivity contribution in [2.45, 2.75) is 0 Å². The summed E-state index contributed by atoms with van der Waals surface area (Å²) in [5.74, 6) is 0. The van der Waals surface area contributed by atoms with Crippen LogP contribution in [-0.4, -0.2) is 13.1 Å². The van der Waals surface area contributed by atoms with E-state index in [0.717, 1.165) is 6.54 Å². The zero-order valence-corrected chi connectivity index (χ0v) is 6.09. The minimum atomic E-state index is -0.169. The van der Waals surface area contributed by atoms with Crippen LogP contribution in [0, 0.1) is 0 Å². The first kappa shape index (κ1) is 6.95. The molecule has 0 aliphatic rings. The average Bonchev–Trinajstić information content (AvgIpc) is 1.61. The van der Waals surface area contributed by atoms with Crippen molar-refractivity contribution in [2.24, 2.45) is 5.73 Å². The molecule has 0 amide bonds. The molecule has 0 saturated carbocycles. The van der Waals surface area contributed by atoms with Crippen molar-refractivity contribution in [1.82, 2.24) is 3.72 Å². The summed E-state index contributed by atoms with van der Waals surface area (Å²) in [4.78, 5) is 0. The van der Waals surface area contributed by atoms with E-state index in [2.05, 4.69) is 3.72 Å². The quantitative estimate of drug-likeness (QED) is 0.553. The van der Waals surface area contributed by atoms with Gasteiger partial charge >= 0.3 is 50.7 Å². The summed E-state index contributed by atoms with van der Waals surface area (Å²) in [6.45, 7) is 1.54. The van der Waals surface area contributed by atoms with Gasteiger partial charge in [-0.3, -0.25) is 0 Å². The third kappa shape index (κ3) is 4.95. The monoisotopic (exact) mass is 291 g/mol. The van der Waals surface area contributed by atoms with Gasteiger partial charge in [0, 0.05) is 0 Å². The van der Waals surface area contributed by atoms with E-state index in [0.29, 0.717) is 6.54 Å². The van der Waals surface area contributed by atoms with Crippen LogP contribution in [-0.2, 0) is 18.9 Å². The van der Waals surface area contributed by atoms with Gasteiger partial charge in [-0.15, -0.1) is 0 Å². The van der Waals surface area contributed by atoms with Gasteiger partial charge in [0.1, 0.15) is 0 Å². The summed E-state index contributed by atoms with van der Waals surface area (Å²) in [6.07, 6.45) is 0. The van der Waals surface area contributed by atoms with Crippen molar-refractivity contribution in [3.8, 4) is 0 Å². The first-order chi connectivity index (χ1) is 2.91. The van der Waals surface area contributed by atoms with Gasteiger partial charge in [0.05, 0.1) is 0 Å². The topological polar surface area (TPSA) is 38.0 Å². The number of nitrogens with two attached hydrogens (primary N) is 1. The van der Waals surface area contributed by atoms with E-state index < -0.39 is 0 Å². The normalized spacial score (nSPS) is 9.67. The molecule has 0 heterocycles. The molecule has 0 aromatic carbocycles. The molecular formula is C2H7AuClN2. The fourth-order valence-electron chi connectivity index (χ4n) is 0.0720. The van der Waals surface area contributed by atoms with Gasteiger partial charge < -0.3 is 0 Å². The number of halogens is 1. The Kier molecular flexibility index (Phi) is 6.89. The maximum absolute atomic E-state index is 5.31. The Morgan fingerprint density at radius 1 is 1.83 bits per heavy atom. The van der Waals surface area contributed by atoms with Crippen molar-refractivity contribution >= 4 is 9.19 Å². The predicted molar refractivity (Wildman–Crippen MR) is 22.9 cm³/mol. The van der Waals surface area contributed by atoms with Crippen LogP contribution in [0.1, 0.15) is 0 Å². The number of nitrogens with one attached hydrogen (secondary N) is 1. The van der Waals surface area contributed by atoms with Crippen molar-refractivity contribution < 1.29 is 18.9 Å². The van der Waals surface area contributed by atoms with Crippen molar-refractivity contribution in [3.63, 3.8) is 0 Å². The molecule has 0 unspecified atom stereocenters. The van der Waals surface area contributed by atoms with Gasteiger partial charge in [-0.2, -0.15) is 0 Å². The maximum atomic E-state index is 5.31. The summed E-state index contributed by atoms with van der Waals surface area (Å²) in [5, 5.41) is 0. The number of hydrogen-bond acceptors (Lipinski definition) is 2. The molecule has 0 aromatic rings. The van der Waals surface area contributed by atoms with E-state index in [-0.39, 0.29) is 18.9 Å². The molecule has 6 heavy (non-hydrogen) atoms. The van der Waals surface area contributed by atoms with Crippen LogP contribution in [0.3, 0.4) is 0 Å². The molecule has 0 atom stereocenters. The molecule has 0 aliphatic heterocycles. The SMILES string of the molecule is NCC[NH][Au][Cl]. The summed E-state index contributed by atoms with van der Waals surface area (Å²) in [5.41, 5.74) is 5.11. The second kappa shape index (κ2) is 5.95. The van der Waals surface area contributed by atoms with Gasteiger partial charge in [-0.25, -0.2) is 0 Å². The Labute approximate surface area is 50.9 Å². The van der Waals surface area contributed by atoms with Crippen LogP contribution >= 0.6 is 9.19 Å². The molecule has 0 radical (unpaired) electrons. The molecule has 0 fully saturated rings. The van der Waals surface area contributed by atoms with Gasteiger partial charge in [0.2, 0.25) is 0 Å². The molecule has 0 aliphatic carbocycles. The van der Waals surface area contributed by atoms with Crippen LogP contribution < -0.4 is 9.45 Å². The Hall–Kier alpha value is 0.950. The summed E-state index contributed by atoms with van der Waals surface area (Å²) >= 11 is -0.169. The van der Waals surface area contributed by atoms with Gasteiger partial charge in [0.25, 0.3) is 0 Å². The Balaban J connectivity index is 2.34. The van der Waals surface area contributed by atoms with Gasteiger partial charge in [0.15, 0.2) is 0 Å². The number of hydrogen-bond donors (Lipinski definition) is 2. The molecule has 4 heteroatoms. The summed E-state index contributed by atoms with van der Waals surface area (Å²) in [6, 6.07) is 0. The van der Waals surface area contributed by atoms with Gasteiger partial charge in [-0.1, -0.05) is 0 Å². The second-order valence-electron chi connectivity index (χ2n) is 0.702. The van der Waals surface area contributed by atoms with Crippen molar-refractivity contribution in [1.29, 1.82) is 0 Å². The average molecular weight is 292 g/mol. The second-order valence-corrected chi connectivity index (χ2v) is 2.81. The van der Waals surface area contributed by atoms with Gasteiger partial charge in [-0.05, 0) is 0 Å². The predicted octanol–water partition coefficient (Wildman–Crippen LogP) is -0.314. The molecule has 0 bridgehead atoms. The van der Waals surface area contributed by atoms with Crippen LogP contribution in [0.2, 0.25) is 0 Å². The summed E-state index contributed by atoms with van der Waals surface area (Å²) in [7, 11) is 5.31. The third-order valence-corrected chi connectivity index (χ3v) is 1.75. The van der Waals surface area contributed by atoms with Crippen LogP contribution in [0.15, 0.2) is 0 Å². The Morgan fingerprint density at radius 3 is 2.67 bits per heavy atom. The van der Waals surface area contributed by atoms with E-state index in [1.165, 1.54) is 0 Å². The zero-order chi connectivity index (χ0) is 4.83. The first-order valence-corrected chi connectivity index (χ1v) is 5.29. The van der Waals surface area contributed by atoms with Crippen molar-refractivity contribution in [2.75, 3.05) is 13.1 Å². The standard InChI is InChI=1S/C2H7N2.Au.ClH/c3-1-2-4;;/h3H,1-2,4H2;;1H/q-1;+2;/p-1. The first-order valence-electron chi connectivity index (χ1n) is 1.53. The molecule has 0 saturated heterocycles. The minimum absolute atomic E-state index is 0.169. The van der Waals surface area contributed by atoms with E-state index >= 15 is 0 Å². The third-order valence-electron chi connectivity index (χ3n) is 0.260. The van der Waals surface area contributed by atoms with E-state index in [1.54, 1.807) is 0 Å². The fourth-order valence-corrected chi connectivity index (χ4v) is 1.06. The van der Waals surface area contributed by atoms with Crippen LogP contribution in [0.4, 0.5) is 0 Å². The zero-order valence-electron chi connectivity index (χ0n) is 3.17. The van der Waals surface area contributed by atoms with E-state index in [1.807, 2.05) is 0 Å². The molecule has 3 N–H and O–H groups in total. The molecular weight excluding hydrogens is 284 g/mol. The number of rotatable bonds is 3. The van der Waals surface area contributed by atoms with Crippen LogP contribution in [0.5, 0.6) is 0 Å². The molecule has 0 rings (SSSR count). The van der Waals surface area contributed by atoms with E-state index in [9.17, 15) is 0 Å². The molecule has 0 aromatic heterocycles. The van der Waals surface area contributed by atoms with Crippen molar-refractivity contribution in [3.05, 3.63) is 0 Å². The molecule has 43 valence electrons. The Bertz CT molecular complexity index is 23.5.